The molecule has 0 aliphatic carbocycles. The Kier molecular flexibility index (Phi) is 8.37. The van der Waals surface area contributed by atoms with Crippen LogP contribution in [0.4, 0.5) is 11.6 Å². The number of ether oxygens (including phenoxy) is 3. The number of anilines is 2. The molecular formula is C24H32ClN7O3. The summed E-state index contributed by atoms with van der Waals surface area (Å²) in [5, 5.41) is 4.05. The Labute approximate surface area is 210 Å². The van der Waals surface area contributed by atoms with Crippen molar-refractivity contribution in [1.29, 1.82) is 0 Å². The summed E-state index contributed by atoms with van der Waals surface area (Å²) in [6.07, 6.45) is 3.82. The van der Waals surface area contributed by atoms with Crippen LogP contribution in [0.25, 0.3) is 10.9 Å². The van der Waals surface area contributed by atoms with E-state index >= 15 is 0 Å². The summed E-state index contributed by atoms with van der Waals surface area (Å²) >= 11 is 6.25. The molecule has 1 aromatic carbocycles. The number of methoxy groups -OCH3 is 1. The van der Waals surface area contributed by atoms with Crippen LogP contribution in [0.15, 0.2) is 24.7 Å². The summed E-state index contributed by atoms with van der Waals surface area (Å²) in [5.74, 6) is 2.47. The van der Waals surface area contributed by atoms with Crippen molar-refractivity contribution in [3.05, 3.63) is 29.8 Å². The highest BCUT2D eigenvalue weighted by molar-refractivity contribution is 6.31. The van der Waals surface area contributed by atoms with E-state index in [1.165, 1.54) is 19.6 Å². The van der Waals surface area contributed by atoms with Crippen LogP contribution in [0, 0.1) is 0 Å². The summed E-state index contributed by atoms with van der Waals surface area (Å²) in [7, 11) is 3.68. The summed E-state index contributed by atoms with van der Waals surface area (Å²) in [6.45, 7) is 10.0. The fraction of sp³-hybridized carbons (Fsp3) is 0.500. The lowest BCUT2D eigenvalue weighted by atomic mass is 10.2. The highest BCUT2D eigenvalue weighted by Gasteiger charge is 2.17. The summed E-state index contributed by atoms with van der Waals surface area (Å²) in [5.41, 5.74) is 0.682. The predicted octanol–water partition coefficient (Wildman–Crippen LogP) is 3.63. The molecule has 1 aliphatic rings. The van der Waals surface area contributed by atoms with Gasteiger partial charge in [-0.2, -0.15) is 4.98 Å². The highest BCUT2D eigenvalue weighted by atomic mass is 35.5. The van der Waals surface area contributed by atoms with E-state index in [1.807, 2.05) is 26.0 Å². The molecule has 0 atom stereocenters. The molecule has 3 aromatic rings. The average Bonchev–Trinajstić information content (AvgIpc) is 2.84. The predicted molar refractivity (Wildman–Crippen MR) is 136 cm³/mol. The lowest BCUT2D eigenvalue weighted by Crippen LogP contribution is -2.44. The molecule has 0 amide bonds. The Morgan fingerprint density at radius 1 is 1.09 bits per heavy atom. The maximum Gasteiger partial charge on any atom is 0.234 e. The number of hydrogen-bond donors (Lipinski definition) is 1. The van der Waals surface area contributed by atoms with Crippen LogP contribution in [-0.2, 0) is 0 Å². The number of nitrogens with one attached hydrogen (secondary N) is 1. The molecule has 10 nitrogen and oxygen atoms in total. The van der Waals surface area contributed by atoms with E-state index < -0.39 is 0 Å². The van der Waals surface area contributed by atoms with Gasteiger partial charge in [-0.25, -0.2) is 15.0 Å². The van der Waals surface area contributed by atoms with Crippen LogP contribution < -0.4 is 19.5 Å². The standard InChI is InChI=1S/C24H32ClN7O3/c1-16(2)35-19-13-17(34-11-5-6-32-9-7-31(3)8-10-32)12-18-21(19)23(28-15-27-18)30-24-22(25)26-14-20(29-24)33-4/h12-16H,5-11H2,1-4H3,(H,27,28,29,30). The smallest absolute Gasteiger partial charge is 0.234 e. The number of piperazine rings is 1. The molecule has 0 bridgehead atoms. The van der Waals surface area contributed by atoms with Crippen molar-refractivity contribution in [2.45, 2.75) is 26.4 Å². The Morgan fingerprint density at radius 3 is 2.63 bits per heavy atom. The molecule has 2 aromatic heterocycles. The van der Waals surface area contributed by atoms with E-state index in [-0.39, 0.29) is 11.3 Å². The van der Waals surface area contributed by atoms with Gasteiger partial charge in [0.15, 0.2) is 11.0 Å². The number of hydrogen-bond acceptors (Lipinski definition) is 10. The second-order valence-electron chi connectivity index (χ2n) is 8.73. The molecule has 1 aliphatic heterocycles. The van der Waals surface area contributed by atoms with Gasteiger partial charge >= 0.3 is 0 Å². The monoisotopic (exact) mass is 501 g/mol. The zero-order valence-electron chi connectivity index (χ0n) is 20.6. The minimum absolute atomic E-state index is 0.0565. The first-order chi connectivity index (χ1) is 16.9. The Hall–Kier alpha value is -2.95. The third kappa shape index (κ3) is 6.59. The fourth-order valence-electron chi connectivity index (χ4n) is 3.85. The first-order valence-corrected chi connectivity index (χ1v) is 12.1. The topological polar surface area (TPSA) is 97.8 Å². The van der Waals surface area contributed by atoms with Crippen molar-refractivity contribution in [3.63, 3.8) is 0 Å². The van der Waals surface area contributed by atoms with Gasteiger partial charge in [-0.05, 0) is 27.3 Å². The van der Waals surface area contributed by atoms with Crippen molar-refractivity contribution in [3.8, 4) is 17.4 Å². The first kappa shape index (κ1) is 25.2. The minimum Gasteiger partial charge on any atom is -0.493 e. The molecule has 1 fully saturated rings. The van der Waals surface area contributed by atoms with Crippen LogP contribution in [0.3, 0.4) is 0 Å². The van der Waals surface area contributed by atoms with Gasteiger partial charge in [0, 0.05) is 44.9 Å². The zero-order chi connectivity index (χ0) is 24.8. The number of nitrogens with zero attached hydrogens (tertiary/aromatic N) is 6. The van der Waals surface area contributed by atoms with Crippen LogP contribution in [0.2, 0.25) is 5.15 Å². The maximum atomic E-state index is 6.25. The van der Waals surface area contributed by atoms with Gasteiger partial charge < -0.3 is 29.3 Å². The van der Waals surface area contributed by atoms with E-state index in [9.17, 15) is 0 Å². The number of aromatic nitrogens is 4. The van der Waals surface area contributed by atoms with Gasteiger partial charge in [-0.1, -0.05) is 11.6 Å². The van der Waals surface area contributed by atoms with Crippen LogP contribution in [0.5, 0.6) is 17.4 Å². The van der Waals surface area contributed by atoms with E-state index in [0.717, 1.165) is 39.1 Å². The lowest BCUT2D eigenvalue weighted by Gasteiger charge is -2.32. The van der Waals surface area contributed by atoms with Gasteiger partial charge in [0.1, 0.15) is 23.6 Å². The normalized spacial score (nSPS) is 14.9. The molecule has 1 N–H and O–H groups in total. The largest absolute Gasteiger partial charge is 0.493 e. The van der Waals surface area contributed by atoms with Gasteiger partial charge in [-0.15, -0.1) is 0 Å². The van der Waals surface area contributed by atoms with Gasteiger partial charge in [0.25, 0.3) is 0 Å². The number of fused-ring (bicyclic) bond motifs is 1. The van der Waals surface area contributed by atoms with E-state index in [1.54, 1.807) is 0 Å². The van der Waals surface area contributed by atoms with E-state index in [4.69, 9.17) is 25.8 Å². The summed E-state index contributed by atoms with van der Waals surface area (Å²) in [4.78, 5) is 22.1. The van der Waals surface area contributed by atoms with E-state index in [0.29, 0.717) is 46.5 Å². The molecule has 11 heteroatoms. The number of halogens is 1. The molecule has 3 heterocycles. The van der Waals surface area contributed by atoms with Crippen LogP contribution >= 0.6 is 11.6 Å². The van der Waals surface area contributed by atoms with Crippen molar-refractivity contribution in [2.75, 3.05) is 58.8 Å². The first-order valence-electron chi connectivity index (χ1n) is 11.8. The Bertz CT molecular complexity index is 1140. The average molecular weight is 502 g/mol. The van der Waals surface area contributed by atoms with Gasteiger partial charge in [0.05, 0.1) is 36.9 Å². The number of rotatable bonds is 10. The SMILES string of the molecule is COc1cnc(Cl)c(Nc2ncnc3cc(OCCCN4CCN(C)CC4)cc(OC(C)C)c23)n1. The molecule has 4 rings (SSSR count). The van der Waals surface area contributed by atoms with Gasteiger partial charge in [0.2, 0.25) is 5.88 Å². The molecule has 1 saturated heterocycles. The van der Waals surface area contributed by atoms with Crippen LogP contribution in [0.1, 0.15) is 20.3 Å². The molecular weight excluding hydrogens is 470 g/mol. The molecule has 0 spiro atoms. The number of likely N-dealkylation sites (N-methyl/N-ethyl adjacent to an activating group) is 1. The Balaban J connectivity index is 1.53. The van der Waals surface area contributed by atoms with E-state index in [2.05, 4.69) is 42.1 Å². The second-order valence-corrected chi connectivity index (χ2v) is 9.09. The quantitative estimate of drug-likeness (QED) is 0.414. The van der Waals surface area contributed by atoms with Gasteiger partial charge in [-0.3, -0.25) is 0 Å². The minimum atomic E-state index is -0.0565. The number of benzene rings is 1. The van der Waals surface area contributed by atoms with Crippen molar-refractivity contribution >= 4 is 34.1 Å². The maximum absolute atomic E-state index is 6.25. The third-order valence-corrected chi connectivity index (χ3v) is 5.95. The summed E-state index contributed by atoms with van der Waals surface area (Å²) in [6, 6.07) is 3.77. The Morgan fingerprint density at radius 2 is 1.89 bits per heavy atom. The van der Waals surface area contributed by atoms with Crippen molar-refractivity contribution in [2.24, 2.45) is 0 Å². The highest BCUT2D eigenvalue weighted by Crippen LogP contribution is 2.36. The second kappa shape index (κ2) is 11.7. The lowest BCUT2D eigenvalue weighted by molar-refractivity contribution is 0.145. The zero-order valence-corrected chi connectivity index (χ0v) is 21.4. The molecule has 35 heavy (non-hydrogen) atoms. The van der Waals surface area contributed by atoms with Crippen molar-refractivity contribution < 1.29 is 14.2 Å². The molecule has 188 valence electrons. The van der Waals surface area contributed by atoms with Crippen LogP contribution in [-0.4, -0.2) is 89.3 Å². The molecule has 0 saturated carbocycles. The summed E-state index contributed by atoms with van der Waals surface area (Å²) < 4.78 is 17.4. The third-order valence-electron chi connectivity index (χ3n) is 5.67. The molecule has 0 unspecified atom stereocenters. The van der Waals surface area contributed by atoms with Crippen molar-refractivity contribution in [1.82, 2.24) is 29.7 Å². The molecule has 0 radical (unpaired) electrons. The fourth-order valence-corrected chi connectivity index (χ4v) is 3.99.